The van der Waals surface area contributed by atoms with Gasteiger partial charge in [0.05, 0.1) is 0 Å². The maximum absolute atomic E-state index is 4.49. The van der Waals surface area contributed by atoms with Crippen LogP contribution in [0.3, 0.4) is 0 Å². The molecule has 1 heterocycles. The van der Waals surface area contributed by atoms with Crippen molar-refractivity contribution in [3.8, 4) is 0 Å². The summed E-state index contributed by atoms with van der Waals surface area (Å²) < 4.78 is 2.86. The Morgan fingerprint density at radius 3 is 2.75 bits per heavy atom. The normalized spacial score (nSPS) is 9.83. The van der Waals surface area contributed by atoms with Gasteiger partial charge in [-0.05, 0) is 0 Å². The van der Waals surface area contributed by atoms with Crippen molar-refractivity contribution in [1.29, 1.82) is 0 Å². The largest absolute Gasteiger partial charge is 0.147 e. The smallest absolute Gasteiger partial charge is 0.147 e. The van der Waals surface area contributed by atoms with E-state index in [0.29, 0.717) is 0 Å². The van der Waals surface area contributed by atoms with Gasteiger partial charge in [-0.3, -0.25) is 0 Å². The van der Waals surface area contributed by atoms with Crippen molar-refractivity contribution in [2.75, 3.05) is 0 Å². The number of halogens is 1. The van der Waals surface area contributed by atoms with Gasteiger partial charge >= 0.3 is 75.7 Å². The van der Waals surface area contributed by atoms with Crippen LogP contribution >= 0.6 is 12.4 Å². The van der Waals surface area contributed by atoms with E-state index in [9.17, 15) is 0 Å². The van der Waals surface area contributed by atoms with Crippen molar-refractivity contribution >= 4 is 41.8 Å². The molecule has 2 aromatic rings. The molecule has 0 aliphatic heterocycles. The monoisotopic (exact) mass is 297 g/mol. The summed E-state index contributed by atoms with van der Waals surface area (Å²) in [5, 5.41) is 0. The van der Waals surface area contributed by atoms with Crippen molar-refractivity contribution in [2.45, 2.75) is 13.8 Å². The fraction of sp³-hybridized carbons (Fsp3) is 0.222. The maximum atomic E-state index is 4.49. The average Bonchev–Trinajstić information content (AvgIpc) is 2.27. The van der Waals surface area contributed by atoms with Gasteiger partial charge in [0.1, 0.15) is 0 Å². The molecule has 0 aliphatic carbocycles. The van der Waals surface area contributed by atoms with E-state index in [1.165, 1.54) is 18.2 Å². The predicted octanol–water partition coefficient (Wildman–Crippen LogP) is 2.33. The van der Waals surface area contributed by atoms with Crippen LogP contribution in [0.1, 0.15) is 9.27 Å². The summed E-state index contributed by atoms with van der Waals surface area (Å²) in [7, 11) is 0. The van der Waals surface area contributed by atoms with Gasteiger partial charge in [0.2, 0.25) is 0 Å². The SMILES string of the molecule is Cc1ccc2[te]c(C)nc2c1.Cl. The molecule has 0 unspecified atom stereocenters. The number of aryl methyl sites for hydroxylation is 2. The molecule has 2 rings (SSSR count). The van der Waals surface area contributed by atoms with Crippen LogP contribution in [0.25, 0.3) is 8.92 Å². The molecule has 0 spiro atoms. The van der Waals surface area contributed by atoms with Crippen molar-refractivity contribution in [2.24, 2.45) is 0 Å². The second-order valence-electron chi connectivity index (χ2n) is 2.70. The third kappa shape index (κ3) is 1.82. The Bertz CT molecular complexity index is 394. The first-order valence-corrected chi connectivity index (χ1v) is 5.92. The second kappa shape index (κ2) is 3.79. The zero-order chi connectivity index (χ0) is 7.84. The Morgan fingerprint density at radius 2 is 2.00 bits per heavy atom. The maximum Gasteiger partial charge on any atom is -0.147 e. The van der Waals surface area contributed by atoms with E-state index in [1.807, 2.05) is 0 Å². The summed E-state index contributed by atoms with van der Waals surface area (Å²) in [6, 6.07) is 6.58. The molecule has 0 saturated carbocycles. The Morgan fingerprint density at radius 1 is 1.25 bits per heavy atom. The van der Waals surface area contributed by atoms with E-state index in [2.05, 4.69) is 37.0 Å². The molecule has 0 aliphatic rings. The van der Waals surface area contributed by atoms with Gasteiger partial charge in [-0.2, -0.15) is 0 Å². The Balaban J connectivity index is 0.000000720. The minimum atomic E-state index is -0.0740. The molecule has 0 N–H and O–H groups in total. The standard InChI is InChI=1S/C9H9NTe.ClH/c1-6-3-4-9-8(5-6)10-7(2)11-9;/h3-5H,1-2H3;1H. The summed E-state index contributed by atoms with van der Waals surface area (Å²) in [6.45, 7) is 4.25. The van der Waals surface area contributed by atoms with Gasteiger partial charge in [-0.15, -0.1) is 12.4 Å². The van der Waals surface area contributed by atoms with E-state index in [-0.39, 0.29) is 32.8 Å². The van der Waals surface area contributed by atoms with Crippen LogP contribution < -0.4 is 0 Å². The van der Waals surface area contributed by atoms with E-state index in [4.69, 9.17) is 0 Å². The van der Waals surface area contributed by atoms with E-state index in [0.717, 1.165) is 0 Å². The van der Waals surface area contributed by atoms with E-state index < -0.39 is 0 Å². The van der Waals surface area contributed by atoms with Crippen LogP contribution in [0, 0.1) is 13.8 Å². The van der Waals surface area contributed by atoms with Gasteiger partial charge in [-0.25, -0.2) is 0 Å². The third-order valence-electron chi connectivity index (χ3n) is 1.65. The molecule has 0 fully saturated rings. The molecule has 1 aromatic carbocycles. The first kappa shape index (κ1) is 10.1. The van der Waals surface area contributed by atoms with Gasteiger partial charge in [-0.1, -0.05) is 0 Å². The van der Waals surface area contributed by atoms with Crippen molar-refractivity contribution in [3.63, 3.8) is 0 Å². The number of hydrogen-bond acceptors (Lipinski definition) is 1. The number of rotatable bonds is 0. The quantitative estimate of drug-likeness (QED) is 0.680. The molecule has 0 bridgehead atoms. The fourth-order valence-electron chi connectivity index (χ4n) is 1.15. The van der Waals surface area contributed by atoms with Gasteiger partial charge in [0.15, 0.2) is 0 Å². The summed E-state index contributed by atoms with van der Waals surface area (Å²) >= 11 is -0.0740. The Kier molecular flexibility index (Phi) is 3.17. The topological polar surface area (TPSA) is 12.9 Å². The molecule has 12 heavy (non-hydrogen) atoms. The van der Waals surface area contributed by atoms with Crippen LogP contribution in [0.2, 0.25) is 0 Å². The van der Waals surface area contributed by atoms with Crippen molar-refractivity contribution < 1.29 is 0 Å². The molecular formula is C9H10ClNTe. The van der Waals surface area contributed by atoms with Crippen molar-refractivity contribution in [1.82, 2.24) is 4.98 Å². The van der Waals surface area contributed by atoms with Gasteiger partial charge in [0, 0.05) is 0 Å². The molecule has 64 valence electrons. The van der Waals surface area contributed by atoms with Gasteiger partial charge in [0.25, 0.3) is 0 Å². The molecule has 1 nitrogen and oxygen atoms in total. The second-order valence-corrected chi connectivity index (χ2v) is 6.23. The first-order valence-electron chi connectivity index (χ1n) is 3.59. The Labute approximate surface area is 87.8 Å². The molecular weight excluding hydrogens is 285 g/mol. The van der Waals surface area contributed by atoms with E-state index in [1.54, 1.807) is 0 Å². The molecule has 0 amide bonds. The van der Waals surface area contributed by atoms with E-state index >= 15 is 0 Å². The number of benzene rings is 1. The average molecular weight is 295 g/mol. The molecule has 1 aromatic heterocycles. The summed E-state index contributed by atoms with van der Waals surface area (Å²) in [4.78, 5) is 4.49. The molecule has 0 atom stereocenters. The zero-order valence-electron chi connectivity index (χ0n) is 7.00. The summed E-state index contributed by atoms with van der Waals surface area (Å²) in [5.74, 6) is 0. The Hall–Kier alpha value is -0.0304. The fourth-order valence-corrected chi connectivity index (χ4v) is 3.46. The molecule has 3 heteroatoms. The minimum Gasteiger partial charge on any atom is -0.147 e. The molecule has 0 radical (unpaired) electrons. The summed E-state index contributed by atoms with van der Waals surface area (Å²) in [6.07, 6.45) is 0. The van der Waals surface area contributed by atoms with Gasteiger partial charge < -0.3 is 0 Å². The number of fused-ring (bicyclic) bond motifs is 1. The van der Waals surface area contributed by atoms with Crippen LogP contribution in [-0.2, 0) is 0 Å². The van der Waals surface area contributed by atoms with Crippen LogP contribution in [0.15, 0.2) is 18.2 Å². The summed E-state index contributed by atoms with van der Waals surface area (Å²) in [5.41, 5.74) is 2.54. The minimum absolute atomic E-state index is 0. The predicted molar refractivity (Wildman–Crippen MR) is 55.4 cm³/mol. The number of hydrogen-bond donors (Lipinski definition) is 0. The first-order chi connectivity index (χ1) is 5.25. The number of nitrogens with zero attached hydrogens (tertiary/aromatic N) is 1. The van der Waals surface area contributed by atoms with Crippen LogP contribution in [-0.4, -0.2) is 25.4 Å². The third-order valence-corrected chi connectivity index (χ3v) is 4.37. The van der Waals surface area contributed by atoms with Crippen molar-refractivity contribution in [3.05, 3.63) is 27.5 Å². The van der Waals surface area contributed by atoms with Crippen LogP contribution in [0.4, 0.5) is 0 Å². The zero-order valence-corrected chi connectivity index (χ0v) is 10.1. The number of aromatic nitrogens is 1. The van der Waals surface area contributed by atoms with Crippen LogP contribution in [0.5, 0.6) is 0 Å². The molecule has 0 saturated heterocycles.